The Balaban J connectivity index is 1.91. The minimum atomic E-state index is -0.107. The molecule has 1 aromatic heterocycles. The highest BCUT2D eigenvalue weighted by Crippen LogP contribution is 2.27. The van der Waals surface area contributed by atoms with Gasteiger partial charge in [-0.2, -0.15) is 11.3 Å². The van der Waals surface area contributed by atoms with Crippen molar-refractivity contribution in [2.75, 3.05) is 20.8 Å². The van der Waals surface area contributed by atoms with Crippen molar-refractivity contribution in [1.29, 1.82) is 0 Å². The van der Waals surface area contributed by atoms with Crippen LogP contribution in [0.2, 0.25) is 0 Å². The first kappa shape index (κ1) is 17.1. The number of benzene rings is 1. The number of nitrogens with zero attached hydrogens (tertiary/aromatic N) is 1. The van der Waals surface area contributed by atoms with Gasteiger partial charge in [-0.25, -0.2) is 4.79 Å². The number of ether oxygens (including phenoxy) is 2. The smallest absolute Gasteiger partial charge is 0.317 e. The molecule has 0 aliphatic carbocycles. The van der Waals surface area contributed by atoms with Crippen LogP contribution in [0.1, 0.15) is 18.1 Å². The average Bonchev–Trinajstić information content (AvgIpc) is 3.06. The highest BCUT2D eigenvalue weighted by atomic mass is 32.1. The number of hydrogen-bond acceptors (Lipinski definition) is 4. The van der Waals surface area contributed by atoms with Crippen molar-refractivity contribution in [3.8, 4) is 11.5 Å². The Morgan fingerprint density at radius 3 is 2.74 bits per heavy atom. The molecule has 0 radical (unpaired) electrons. The van der Waals surface area contributed by atoms with Crippen LogP contribution in [0.3, 0.4) is 0 Å². The van der Waals surface area contributed by atoms with Crippen LogP contribution in [0, 0.1) is 0 Å². The van der Waals surface area contributed by atoms with Gasteiger partial charge in [0.05, 0.1) is 13.7 Å². The average molecular weight is 334 g/mol. The fraction of sp³-hybridized carbons (Fsp3) is 0.353. The standard InChI is InChI=1S/C17H22N2O3S/c1-4-22-16-9-13(5-6-15(16)21-3)10-18-17(20)19(2)11-14-7-8-23-12-14/h5-9,12H,4,10-11H2,1-3H3,(H,18,20). The predicted octanol–water partition coefficient (Wildman–Crippen LogP) is 3.50. The predicted molar refractivity (Wildman–Crippen MR) is 92.2 cm³/mol. The van der Waals surface area contributed by atoms with Crippen molar-refractivity contribution >= 4 is 17.4 Å². The third kappa shape index (κ3) is 4.89. The summed E-state index contributed by atoms with van der Waals surface area (Å²) < 4.78 is 10.8. The first-order valence-electron chi connectivity index (χ1n) is 7.43. The van der Waals surface area contributed by atoms with Gasteiger partial charge in [-0.3, -0.25) is 0 Å². The Hall–Kier alpha value is -2.21. The summed E-state index contributed by atoms with van der Waals surface area (Å²) in [4.78, 5) is 13.8. The number of carbonyl (C=O) groups excluding carboxylic acids is 1. The van der Waals surface area contributed by atoms with E-state index in [2.05, 4.69) is 5.32 Å². The van der Waals surface area contributed by atoms with Crippen LogP contribution in [0.5, 0.6) is 11.5 Å². The summed E-state index contributed by atoms with van der Waals surface area (Å²) in [5.74, 6) is 1.38. The van der Waals surface area contributed by atoms with E-state index in [9.17, 15) is 4.79 Å². The van der Waals surface area contributed by atoms with Gasteiger partial charge in [-0.1, -0.05) is 6.07 Å². The number of thiophene rings is 1. The van der Waals surface area contributed by atoms with E-state index in [4.69, 9.17) is 9.47 Å². The molecule has 0 unspecified atom stereocenters. The van der Waals surface area contributed by atoms with Gasteiger partial charge >= 0.3 is 6.03 Å². The van der Waals surface area contributed by atoms with Crippen LogP contribution >= 0.6 is 11.3 Å². The number of methoxy groups -OCH3 is 1. The van der Waals surface area contributed by atoms with Crippen molar-refractivity contribution in [2.24, 2.45) is 0 Å². The van der Waals surface area contributed by atoms with E-state index < -0.39 is 0 Å². The zero-order chi connectivity index (χ0) is 16.7. The summed E-state index contributed by atoms with van der Waals surface area (Å²) in [6.45, 7) is 3.53. The van der Waals surface area contributed by atoms with Crippen molar-refractivity contribution in [3.05, 3.63) is 46.2 Å². The van der Waals surface area contributed by atoms with Gasteiger partial charge in [0.1, 0.15) is 0 Å². The zero-order valence-electron chi connectivity index (χ0n) is 13.7. The van der Waals surface area contributed by atoms with E-state index in [1.807, 2.05) is 41.9 Å². The fourth-order valence-corrected chi connectivity index (χ4v) is 2.80. The van der Waals surface area contributed by atoms with Crippen molar-refractivity contribution in [2.45, 2.75) is 20.0 Å². The number of hydrogen-bond donors (Lipinski definition) is 1. The summed E-state index contributed by atoms with van der Waals surface area (Å²) in [5.41, 5.74) is 2.10. The highest BCUT2D eigenvalue weighted by Gasteiger charge is 2.10. The lowest BCUT2D eigenvalue weighted by molar-refractivity contribution is 0.206. The Morgan fingerprint density at radius 2 is 2.09 bits per heavy atom. The molecule has 6 heteroatoms. The lowest BCUT2D eigenvalue weighted by Gasteiger charge is -2.18. The lowest BCUT2D eigenvalue weighted by atomic mass is 10.2. The largest absolute Gasteiger partial charge is 0.493 e. The highest BCUT2D eigenvalue weighted by molar-refractivity contribution is 7.07. The summed E-state index contributed by atoms with van der Waals surface area (Å²) >= 11 is 1.63. The Kier molecular flexibility index (Phi) is 6.29. The zero-order valence-corrected chi connectivity index (χ0v) is 14.5. The molecule has 0 spiro atoms. The molecule has 2 rings (SSSR count). The third-order valence-electron chi connectivity index (χ3n) is 3.32. The first-order valence-corrected chi connectivity index (χ1v) is 8.38. The number of urea groups is 1. The van der Waals surface area contributed by atoms with Crippen molar-refractivity contribution in [1.82, 2.24) is 10.2 Å². The summed E-state index contributed by atoms with van der Waals surface area (Å²) in [6, 6.07) is 7.57. The van der Waals surface area contributed by atoms with Gasteiger partial charge in [0.2, 0.25) is 0 Å². The fourth-order valence-electron chi connectivity index (χ4n) is 2.14. The summed E-state index contributed by atoms with van der Waals surface area (Å²) in [6.07, 6.45) is 0. The van der Waals surface area contributed by atoms with Crippen molar-refractivity contribution < 1.29 is 14.3 Å². The molecule has 1 N–H and O–H groups in total. The van der Waals surface area contributed by atoms with Gasteiger partial charge in [0.15, 0.2) is 11.5 Å². The molecule has 2 aromatic rings. The maximum atomic E-state index is 12.1. The van der Waals surface area contributed by atoms with Crippen LogP contribution in [0.15, 0.2) is 35.0 Å². The normalized spacial score (nSPS) is 10.2. The molecule has 0 bridgehead atoms. The van der Waals surface area contributed by atoms with Crippen LogP contribution in [-0.2, 0) is 13.1 Å². The second-order valence-corrected chi connectivity index (χ2v) is 5.84. The molecule has 0 aliphatic rings. The van der Waals surface area contributed by atoms with Gasteiger partial charge < -0.3 is 19.7 Å². The van der Waals surface area contributed by atoms with Crippen molar-refractivity contribution in [3.63, 3.8) is 0 Å². The number of nitrogens with one attached hydrogen (secondary N) is 1. The SMILES string of the molecule is CCOc1cc(CNC(=O)N(C)Cc2ccsc2)ccc1OC. The van der Waals surface area contributed by atoms with Gasteiger partial charge in [-0.05, 0) is 47.0 Å². The molecule has 0 atom stereocenters. The molecule has 2 amide bonds. The number of carbonyl (C=O) groups is 1. The van der Waals surface area contributed by atoms with Gasteiger partial charge in [0.25, 0.3) is 0 Å². The number of amides is 2. The summed E-state index contributed by atoms with van der Waals surface area (Å²) in [7, 11) is 3.39. The third-order valence-corrected chi connectivity index (χ3v) is 4.05. The van der Waals surface area contributed by atoms with Crippen LogP contribution in [-0.4, -0.2) is 31.7 Å². The van der Waals surface area contributed by atoms with Gasteiger partial charge in [0, 0.05) is 20.1 Å². The monoisotopic (exact) mass is 334 g/mol. The molecule has 1 heterocycles. The molecular weight excluding hydrogens is 312 g/mol. The minimum Gasteiger partial charge on any atom is -0.493 e. The molecule has 5 nitrogen and oxygen atoms in total. The maximum Gasteiger partial charge on any atom is 0.317 e. The van der Waals surface area contributed by atoms with E-state index in [1.54, 1.807) is 30.4 Å². The molecule has 0 aliphatic heterocycles. The quantitative estimate of drug-likeness (QED) is 0.843. The second kappa shape index (κ2) is 8.43. The Bertz CT molecular complexity index is 629. The Labute approximate surface area is 140 Å². The minimum absolute atomic E-state index is 0.107. The van der Waals surface area contributed by atoms with E-state index in [0.717, 1.165) is 11.1 Å². The number of rotatable bonds is 7. The van der Waals surface area contributed by atoms with E-state index in [0.29, 0.717) is 31.2 Å². The first-order chi connectivity index (χ1) is 11.1. The van der Waals surface area contributed by atoms with Crippen LogP contribution in [0.4, 0.5) is 4.79 Å². The molecule has 0 saturated heterocycles. The molecule has 1 aromatic carbocycles. The molecular formula is C17H22N2O3S. The van der Waals surface area contributed by atoms with Crippen LogP contribution < -0.4 is 14.8 Å². The van der Waals surface area contributed by atoms with E-state index >= 15 is 0 Å². The Morgan fingerprint density at radius 1 is 1.26 bits per heavy atom. The maximum absolute atomic E-state index is 12.1. The summed E-state index contributed by atoms with van der Waals surface area (Å²) in [5, 5.41) is 6.96. The van der Waals surface area contributed by atoms with Crippen LogP contribution in [0.25, 0.3) is 0 Å². The van der Waals surface area contributed by atoms with E-state index in [-0.39, 0.29) is 6.03 Å². The topological polar surface area (TPSA) is 50.8 Å². The molecule has 124 valence electrons. The lowest BCUT2D eigenvalue weighted by Crippen LogP contribution is -2.36. The molecule has 23 heavy (non-hydrogen) atoms. The molecule has 0 fully saturated rings. The molecule has 0 saturated carbocycles. The second-order valence-electron chi connectivity index (χ2n) is 5.06. The van der Waals surface area contributed by atoms with Gasteiger partial charge in [-0.15, -0.1) is 0 Å². The van der Waals surface area contributed by atoms with E-state index in [1.165, 1.54) is 0 Å².